The lowest BCUT2D eigenvalue weighted by Gasteiger charge is -2.30. The summed E-state index contributed by atoms with van der Waals surface area (Å²) in [7, 11) is -3.66. The van der Waals surface area contributed by atoms with Crippen molar-refractivity contribution in [1.29, 1.82) is 0 Å². The van der Waals surface area contributed by atoms with Crippen LogP contribution in [0, 0.1) is 5.92 Å². The minimum absolute atomic E-state index is 0.0767. The molecule has 0 aromatic rings. The summed E-state index contributed by atoms with van der Waals surface area (Å²) in [5.41, 5.74) is 0. The molecule has 1 saturated carbocycles. The smallest absolute Gasteiger partial charge is 0.212 e. The first-order chi connectivity index (χ1) is 8.73. The first-order valence-corrected chi connectivity index (χ1v) is 8.55. The number of sulfonamides is 1. The van der Waals surface area contributed by atoms with Gasteiger partial charge in [0, 0.05) is 18.3 Å². The van der Waals surface area contributed by atoms with Crippen LogP contribution in [0.15, 0.2) is 0 Å². The van der Waals surface area contributed by atoms with E-state index in [0.29, 0.717) is 12.3 Å². The van der Waals surface area contributed by atoms with Crippen LogP contribution in [-0.4, -0.2) is 32.3 Å². The van der Waals surface area contributed by atoms with E-state index in [0.717, 1.165) is 19.3 Å². The Morgan fingerprint density at radius 1 is 1.21 bits per heavy atom. The molecule has 1 N–H and O–H groups in total. The number of halogens is 4. The first-order valence-electron chi connectivity index (χ1n) is 6.36. The Morgan fingerprint density at radius 3 is 2.42 bits per heavy atom. The van der Waals surface area contributed by atoms with Gasteiger partial charge in [-0.2, -0.15) is 13.2 Å². The van der Waals surface area contributed by atoms with E-state index in [1.54, 1.807) is 0 Å². The van der Waals surface area contributed by atoms with Crippen LogP contribution in [0.2, 0.25) is 0 Å². The molecular formula is C11H19ClF3NO2S. The molecule has 1 rings (SSSR count). The molecule has 114 valence electrons. The number of alkyl halides is 4. The van der Waals surface area contributed by atoms with Gasteiger partial charge in [-0.05, 0) is 25.2 Å². The predicted octanol–water partition coefficient (Wildman–Crippen LogP) is 3.05. The second-order valence-electron chi connectivity index (χ2n) is 4.96. The van der Waals surface area contributed by atoms with Crippen LogP contribution in [0.4, 0.5) is 13.2 Å². The third kappa shape index (κ3) is 6.81. The van der Waals surface area contributed by atoms with Crippen LogP contribution < -0.4 is 4.72 Å². The van der Waals surface area contributed by atoms with Gasteiger partial charge in [0.1, 0.15) is 0 Å². The molecule has 8 heteroatoms. The maximum Gasteiger partial charge on any atom is 0.389 e. The van der Waals surface area contributed by atoms with Crippen molar-refractivity contribution in [2.24, 2.45) is 5.92 Å². The number of hydrogen-bond donors (Lipinski definition) is 1. The molecule has 1 aliphatic rings. The van der Waals surface area contributed by atoms with Crippen molar-refractivity contribution in [3.8, 4) is 0 Å². The van der Waals surface area contributed by atoms with Crippen LogP contribution in [0.1, 0.15) is 38.5 Å². The molecule has 0 heterocycles. The van der Waals surface area contributed by atoms with Gasteiger partial charge in [-0.1, -0.05) is 12.8 Å². The van der Waals surface area contributed by atoms with E-state index in [9.17, 15) is 21.6 Å². The molecular weight excluding hydrogens is 303 g/mol. The van der Waals surface area contributed by atoms with Gasteiger partial charge in [0.05, 0.1) is 5.75 Å². The van der Waals surface area contributed by atoms with E-state index >= 15 is 0 Å². The zero-order chi connectivity index (χ0) is 14.5. The van der Waals surface area contributed by atoms with Crippen LogP contribution in [0.25, 0.3) is 0 Å². The third-order valence-electron chi connectivity index (χ3n) is 3.31. The molecule has 0 saturated heterocycles. The Hall–Kier alpha value is -0.0100. The molecule has 0 aromatic heterocycles. The second-order valence-corrected chi connectivity index (χ2v) is 7.14. The van der Waals surface area contributed by atoms with Crippen LogP contribution in [-0.2, 0) is 10.0 Å². The van der Waals surface area contributed by atoms with Gasteiger partial charge >= 0.3 is 6.18 Å². The fourth-order valence-corrected chi connectivity index (χ4v) is 4.08. The Kier molecular flexibility index (Phi) is 6.39. The fourth-order valence-electron chi connectivity index (χ4n) is 2.30. The maximum absolute atomic E-state index is 12.0. The summed E-state index contributed by atoms with van der Waals surface area (Å²) in [5, 5.41) is 0. The highest BCUT2D eigenvalue weighted by Gasteiger charge is 2.30. The molecule has 0 aliphatic heterocycles. The van der Waals surface area contributed by atoms with Gasteiger partial charge < -0.3 is 0 Å². The average Bonchev–Trinajstić information content (AvgIpc) is 2.27. The zero-order valence-electron chi connectivity index (χ0n) is 10.5. The van der Waals surface area contributed by atoms with Crippen LogP contribution in [0.5, 0.6) is 0 Å². The predicted molar refractivity (Wildman–Crippen MR) is 68.7 cm³/mol. The summed E-state index contributed by atoms with van der Waals surface area (Å²) < 4.78 is 61.9. The first kappa shape index (κ1) is 17.0. The van der Waals surface area contributed by atoms with Gasteiger partial charge in [-0.25, -0.2) is 13.1 Å². The van der Waals surface area contributed by atoms with Crippen molar-refractivity contribution >= 4 is 21.6 Å². The van der Waals surface area contributed by atoms with E-state index in [2.05, 4.69) is 4.72 Å². The van der Waals surface area contributed by atoms with Gasteiger partial charge in [-0.15, -0.1) is 11.6 Å². The van der Waals surface area contributed by atoms with E-state index in [1.807, 2.05) is 0 Å². The average molecular weight is 322 g/mol. The molecule has 0 aromatic carbocycles. The van der Waals surface area contributed by atoms with Crippen LogP contribution >= 0.6 is 11.6 Å². The summed E-state index contributed by atoms with van der Waals surface area (Å²) in [6.45, 7) is 0. The molecule has 19 heavy (non-hydrogen) atoms. The van der Waals surface area contributed by atoms with Crippen molar-refractivity contribution < 1.29 is 21.6 Å². The lowest BCUT2D eigenvalue weighted by Crippen LogP contribution is -2.43. The minimum atomic E-state index is -4.31. The summed E-state index contributed by atoms with van der Waals surface area (Å²) >= 11 is 5.78. The number of rotatable bonds is 6. The Balaban J connectivity index is 2.44. The van der Waals surface area contributed by atoms with Crippen molar-refractivity contribution in [2.75, 3.05) is 11.6 Å². The highest BCUT2D eigenvalue weighted by molar-refractivity contribution is 7.89. The Morgan fingerprint density at radius 2 is 1.84 bits per heavy atom. The van der Waals surface area contributed by atoms with Gasteiger partial charge in [0.2, 0.25) is 10.0 Å². The molecule has 2 atom stereocenters. The zero-order valence-corrected chi connectivity index (χ0v) is 12.1. The fraction of sp³-hybridized carbons (Fsp3) is 1.00. The Labute approximate surface area is 116 Å². The number of hydrogen-bond acceptors (Lipinski definition) is 2. The SMILES string of the molecule is O=S(=O)(CCCC(F)(F)F)NC1CCCCC1CCl. The van der Waals surface area contributed by atoms with E-state index in [1.165, 1.54) is 0 Å². The standard InChI is InChI=1S/C11H19ClF3NO2S/c12-8-9-4-1-2-5-10(9)16-19(17,18)7-3-6-11(13,14)15/h9-10,16H,1-8H2. The van der Waals surface area contributed by atoms with Gasteiger partial charge in [-0.3, -0.25) is 0 Å². The van der Waals surface area contributed by atoms with Crippen molar-refractivity contribution in [2.45, 2.75) is 50.7 Å². The summed E-state index contributed by atoms with van der Waals surface area (Å²) in [6, 6.07) is -0.234. The van der Waals surface area contributed by atoms with E-state index < -0.39 is 34.8 Å². The van der Waals surface area contributed by atoms with Crippen molar-refractivity contribution in [1.82, 2.24) is 4.72 Å². The topological polar surface area (TPSA) is 46.2 Å². The molecule has 2 unspecified atom stereocenters. The summed E-state index contributed by atoms with van der Waals surface area (Å²) in [6.07, 6.45) is -2.28. The maximum atomic E-state index is 12.0. The number of nitrogens with one attached hydrogen (secondary N) is 1. The van der Waals surface area contributed by atoms with Crippen LogP contribution in [0.3, 0.4) is 0 Å². The normalized spacial score (nSPS) is 25.5. The largest absolute Gasteiger partial charge is 0.389 e. The molecule has 0 amide bonds. The molecule has 0 bridgehead atoms. The highest BCUT2D eigenvalue weighted by atomic mass is 35.5. The summed E-state index contributed by atoms with van der Waals surface area (Å²) in [5.74, 6) is -0.0406. The molecule has 0 spiro atoms. The van der Waals surface area contributed by atoms with Gasteiger partial charge in [0.15, 0.2) is 0 Å². The van der Waals surface area contributed by atoms with Gasteiger partial charge in [0.25, 0.3) is 0 Å². The lowest BCUT2D eigenvalue weighted by atomic mass is 9.86. The van der Waals surface area contributed by atoms with Crippen molar-refractivity contribution in [3.63, 3.8) is 0 Å². The molecule has 1 aliphatic carbocycles. The molecule has 3 nitrogen and oxygen atoms in total. The minimum Gasteiger partial charge on any atom is -0.212 e. The lowest BCUT2D eigenvalue weighted by molar-refractivity contribution is -0.134. The quantitative estimate of drug-likeness (QED) is 0.764. The highest BCUT2D eigenvalue weighted by Crippen LogP contribution is 2.26. The third-order valence-corrected chi connectivity index (χ3v) is 5.20. The second kappa shape index (κ2) is 7.13. The van der Waals surface area contributed by atoms with Crippen molar-refractivity contribution in [3.05, 3.63) is 0 Å². The Bertz CT molecular complexity index is 373. The molecule has 1 fully saturated rings. The van der Waals surface area contributed by atoms with E-state index in [4.69, 9.17) is 11.6 Å². The molecule has 0 radical (unpaired) electrons. The van der Waals surface area contributed by atoms with E-state index in [-0.39, 0.29) is 12.0 Å². The summed E-state index contributed by atoms with van der Waals surface area (Å²) in [4.78, 5) is 0. The monoisotopic (exact) mass is 321 g/mol.